The van der Waals surface area contributed by atoms with Crippen LogP contribution in [-0.4, -0.2) is 19.1 Å². The molecule has 1 unspecified atom stereocenters. The van der Waals surface area contributed by atoms with Crippen molar-refractivity contribution in [2.75, 3.05) is 12.1 Å². The molecular weight excluding hydrogens is 320 g/mol. The van der Waals surface area contributed by atoms with Crippen molar-refractivity contribution in [1.82, 2.24) is 5.32 Å². The zero-order valence-electron chi connectivity index (χ0n) is 14.5. The second kappa shape index (κ2) is 7.34. The molecule has 0 aliphatic carbocycles. The van der Waals surface area contributed by atoms with Gasteiger partial charge < -0.3 is 24.8 Å². The smallest absolute Gasteiger partial charge is 0.322 e. The number of fused-ring (bicyclic) bond motifs is 1. The lowest BCUT2D eigenvalue weighted by Crippen LogP contribution is -2.39. The van der Waals surface area contributed by atoms with E-state index in [1.54, 1.807) is 25.1 Å². The third kappa shape index (κ3) is 4.35. The quantitative estimate of drug-likeness (QED) is 0.803. The standard InChI is InChI=1S/C19H22N2O4/c1-12(2)14-4-7-16(8-5-14)25-13(3)20-19(22)21-15-6-9-17-18(10-15)24-11-23-17/h4-10,12-13H,11H2,1-3H3,(H2,20,21,22). The third-order valence-corrected chi connectivity index (χ3v) is 3.82. The van der Waals surface area contributed by atoms with E-state index in [4.69, 9.17) is 14.2 Å². The van der Waals surface area contributed by atoms with Gasteiger partial charge in [-0.1, -0.05) is 26.0 Å². The number of hydrogen-bond acceptors (Lipinski definition) is 4. The van der Waals surface area contributed by atoms with Crippen molar-refractivity contribution < 1.29 is 19.0 Å². The van der Waals surface area contributed by atoms with E-state index in [1.165, 1.54) is 5.56 Å². The Morgan fingerprint density at radius 3 is 2.48 bits per heavy atom. The van der Waals surface area contributed by atoms with Gasteiger partial charge in [0, 0.05) is 11.8 Å². The molecule has 1 aliphatic heterocycles. The number of anilines is 1. The van der Waals surface area contributed by atoms with Crippen LogP contribution in [-0.2, 0) is 0 Å². The van der Waals surface area contributed by atoms with Crippen LogP contribution in [0.1, 0.15) is 32.3 Å². The highest BCUT2D eigenvalue weighted by Gasteiger charge is 2.15. The van der Waals surface area contributed by atoms with Gasteiger partial charge in [0.05, 0.1) is 0 Å². The van der Waals surface area contributed by atoms with Crippen molar-refractivity contribution in [3.8, 4) is 17.2 Å². The van der Waals surface area contributed by atoms with Gasteiger partial charge in [0.1, 0.15) is 5.75 Å². The molecule has 0 bridgehead atoms. The maximum Gasteiger partial charge on any atom is 0.322 e. The monoisotopic (exact) mass is 342 g/mol. The van der Waals surface area contributed by atoms with Gasteiger partial charge in [-0.3, -0.25) is 0 Å². The van der Waals surface area contributed by atoms with E-state index in [9.17, 15) is 4.79 Å². The van der Waals surface area contributed by atoms with E-state index in [0.717, 1.165) is 0 Å². The van der Waals surface area contributed by atoms with Crippen molar-refractivity contribution in [2.24, 2.45) is 0 Å². The highest BCUT2D eigenvalue weighted by molar-refractivity contribution is 5.89. The molecule has 0 saturated heterocycles. The van der Waals surface area contributed by atoms with Crippen LogP contribution in [0.2, 0.25) is 0 Å². The van der Waals surface area contributed by atoms with E-state index in [-0.39, 0.29) is 12.8 Å². The summed E-state index contributed by atoms with van der Waals surface area (Å²) in [5.41, 5.74) is 1.86. The number of nitrogens with one attached hydrogen (secondary N) is 2. The summed E-state index contributed by atoms with van der Waals surface area (Å²) in [6.07, 6.45) is -0.473. The van der Waals surface area contributed by atoms with Crippen LogP contribution < -0.4 is 24.8 Å². The zero-order chi connectivity index (χ0) is 17.8. The predicted molar refractivity (Wildman–Crippen MR) is 95.3 cm³/mol. The number of rotatable bonds is 5. The van der Waals surface area contributed by atoms with Gasteiger partial charge in [0.2, 0.25) is 6.79 Å². The Bertz CT molecular complexity index is 744. The molecule has 0 spiro atoms. The van der Waals surface area contributed by atoms with Crippen LogP contribution in [0.25, 0.3) is 0 Å². The molecule has 1 aliphatic rings. The first-order valence-electron chi connectivity index (χ1n) is 8.25. The minimum absolute atomic E-state index is 0.200. The Morgan fingerprint density at radius 2 is 1.76 bits per heavy atom. The average Bonchev–Trinajstić information content (AvgIpc) is 3.02. The van der Waals surface area contributed by atoms with E-state index < -0.39 is 6.23 Å². The fraction of sp³-hybridized carbons (Fsp3) is 0.316. The molecule has 1 atom stereocenters. The topological polar surface area (TPSA) is 68.8 Å². The minimum Gasteiger partial charge on any atom is -0.471 e. The third-order valence-electron chi connectivity index (χ3n) is 3.82. The Morgan fingerprint density at radius 1 is 1.04 bits per heavy atom. The molecule has 2 N–H and O–H groups in total. The highest BCUT2D eigenvalue weighted by atomic mass is 16.7. The fourth-order valence-corrected chi connectivity index (χ4v) is 2.49. The Kier molecular flexibility index (Phi) is 4.97. The Hall–Kier alpha value is -2.89. The molecule has 6 nitrogen and oxygen atoms in total. The number of urea groups is 1. The highest BCUT2D eigenvalue weighted by Crippen LogP contribution is 2.34. The predicted octanol–water partition coefficient (Wildman–Crippen LogP) is 4.09. The number of hydrogen-bond donors (Lipinski definition) is 2. The van der Waals surface area contributed by atoms with E-state index in [0.29, 0.717) is 28.9 Å². The largest absolute Gasteiger partial charge is 0.471 e. The summed E-state index contributed by atoms with van der Waals surface area (Å²) in [5, 5.41) is 5.48. The van der Waals surface area contributed by atoms with Crippen LogP contribution in [0.3, 0.4) is 0 Å². The molecule has 0 fully saturated rings. The van der Waals surface area contributed by atoms with Crippen molar-refractivity contribution in [3.05, 3.63) is 48.0 Å². The molecule has 2 aromatic rings. The van der Waals surface area contributed by atoms with Crippen LogP contribution in [0.15, 0.2) is 42.5 Å². The number of ether oxygens (including phenoxy) is 3. The molecule has 0 saturated carbocycles. The summed E-state index contributed by atoms with van der Waals surface area (Å²) in [4.78, 5) is 12.1. The van der Waals surface area contributed by atoms with Gasteiger partial charge in [-0.15, -0.1) is 0 Å². The van der Waals surface area contributed by atoms with Gasteiger partial charge in [0.15, 0.2) is 17.7 Å². The van der Waals surface area contributed by atoms with E-state index >= 15 is 0 Å². The average molecular weight is 342 g/mol. The van der Waals surface area contributed by atoms with E-state index in [1.807, 2.05) is 24.3 Å². The second-order valence-electron chi connectivity index (χ2n) is 6.15. The molecule has 6 heteroatoms. The first-order chi connectivity index (χ1) is 12.0. The maximum absolute atomic E-state index is 12.1. The molecule has 3 rings (SSSR count). The van der Waals surface area contributed by atoms with Gasteiger partial charge in [0.25, 0.3) is 0 Å². The Labute approximate surface area is 147 Å². The molecule has 132 valence electrons. The zero-order valence-corrected chi connectivity index (χ0v) is 14.5. The van der Waals surface area contributed by atoms with Crippen molar-refractivity contribution >= 4 is 11.7 Å². The van der Waals surface area contributed by atoms with Gasteiger partial charge >= 0.3 is 6.03 Å². The summed E-state index contributed by atoms with van der Waals surface area (Å²) >= 11 is 0. The van der Waals surface area contributed by atoms with Crippen LogP contribution in [0.4, 0.5) is 10.5 Å². The van der Waals surface area contributed by atoms with Gasteiger partial charge in [-0.2, -0.15) is 0 Å². The second-order valence-corrected chi connectivity index (χ2v) is 6.15. The number of benzene rings is 2. The summed E-state index contributed by atoms with van der Waals surface area (Å²) < 4.78 is 16.2. The lowest BCUT2D eigenvalue weighted by molar-refractivity contribution is 0.174. The lowest BCUT2D eigenvalue weighted by Gasteiger charge is -2.17. The van der Waals surface area contributed by atoms with Crippen molar-refractivity contribution in [2.45, 2.75) is 32.9 Å². The lowest BCUT2D eigenvalue weighted by atomic mass is 10.0. The number of carbonyl (C=O) groups is 1. The van der Waals surface area contributed by atoms with Crippen molar-refractivity contribution in [1.29, 1.82) is 0 Å². The maximum atomic E-state index is 12.1. The number of amides is 2. The first-order valence-corrected chi connectivity index (χ1v) is 8.25. The fourth-order valence-electron chi connectivity index (χ4n) is 2.49. The summed E-state index contributed by atoms with van der Waals surface area (Å²) in [6, 6.07) is 12.7. The molecule has 1 heterocycles. The molecule has 25 heavy (non-hydrogen) atoms. The first kappa shape index (κ1) is 17.0. The summed E-state index contributed by atoms with van der Waals surface area (Å²) in [6.45, 7) is 6.25. The van der Waals surface area contributed by atoms with Gasteiger partial charge in [-0.25, -0.2) is 4.79 Å². The van der Waals surface area contributed by atoms with Gasteiger partial charge in [-0.05, 0) is 42.7 Å². The normalized spacial score (nSPS) is 13.4. The Balaban J connectivity index is 1.52. The van der Waals surface area contributed by atoms with Crippen LogP contribution >= 0.6 is 0 Å². The molecule has 2 amide bonds. The molecule has 0 radical (unpaired) electrons. The molecular formula is C19H22N2O4. The molecule has 0 aromatic heterocycles. The van der Waals surface area contributed by atoms with E-state index in [2.05, 4.69) is 24.5 Å². The molecule has 2 aromatic carbocycles. The van der Waals surface area contributed by atoms with Crippen molar-refractivity contribution in [3.63, 3.8) is 0 Å². The SMILES string of the molecule is CC(NC(=O)Nc1ccc2c(c1)OCO2)Oc1ccc(C(C)C)cc1. The summed E-state index contributed by atoms with van der Waals surface area (Å²) in [5.74, 6) is 2.47. The van der Waals surface area contributed by atoms with Crippen LogP contribution in [0.5, 0.6) is 17.2 Å². The minimum atomic E-state index is -0.473. The summed E-state index contributed by atoms with van der Waals surface area (Å²) in [7, 11) is 0. The number of carbonyl (C=O) groups excluding carboxylic acids is 1. The van der Waals surface area contributed by atoms with Crippen LogP contribution in [0, 0.1) is 0 Å².